The molecular weight excluding hydrogens is 160 g/mol. The molecule has 0 spiro atoms. The topological polar surface area (TPSA) is 17.8 Å². The van der Waals surface area contributed by atoms with Crippen LogP contribution in [0.25, 0.3) is 10.9 Å². The highest BCUT2D eigenvalue weighted by Gasteiger charge is 2.25. The molecule has 0 radical (unpaired) electrons. The molecule has 0 atom stereocenters. The zero-order chi connectivity index (χ0) is 8.84. The van der Waals surface area contributed by atoms with Crippen molar-refractivity contribution in [1.29, 1.82) is 0 Å². The van der Waals surface area contributed by atoms with Gasteiger partial charge in [-0.3, -0.25) is 4.68 Å². The maximum absolute atomic E-state index is 4.42. The van der Waals surface area contributed by atoms with Gasteiger partial charge in [0.2, 0.25) is 0 Å². The van der Waals surface area contributed by atoms with Crippen LogP contribution in [-0.4, -0.2) is 9.78 Å². The first kappa shape index (κ1) is 7.13. The summed E-state index contributed by atoms with van der Waals surface area (Å²) in [5.41, 5.74) is 2.59. The molecule has 1 saturated carbocycles. The van der Waals surface area contributed by atoms with Gasteiger partial charge in [-0.15, -0.1) is 0 Å². The summed E-state index contributed by atoms with van der Waals surface area (Å²) < 4.78 is 2.16. The molecule has 1 aromatic heterocycles. The Hall–Kier alpha value is -1.31. The molecule has 0 aliphatic heterocycles. The van der Waals surface area contributed by atoms with Crippen molar-refractivity contribution in [2.45, 2.75) is 25.8 Å². The number of aromatic nitrogens is 2. The number of hydrogen-bond donors (Lipinski definition) is 0. The van der Waals surface area contributed by atoms with Gasteiger partial charge in [-0.05, 0) is 31.9 Å². The summed E-state index contributed by atoms with van der Waals surface area (Å²) in [5.74, 6) is 0. The van der Waals surface area contributed by atoms with Crippen molar-refractivity contribution in [3.8, 4) is 0 Å². The summed E-state index contributed by atoms with van der Waals surface area (Å²) in [5, 5.41) is 5.69. The van der Waals surface area contributed by atoms with Gasteiger partial charge >= 0.3 is 0 Å². The second-order valence-electron chi connectivity index (χ2n) is 3.88. The van der Waals surface area contributed by atoms with Crippen LogP contribution in [0, 0.1) is 6.92 Å². The predicted molar refractivity (Wildman–Crippen MR) is 52.7 cm³/mol. The monoisotopic (exact) mass is 172 g/mol. The predicted octanol–water partition coefficient (Wildman–Crippen LogP) is 2.68. The molecule has 3 rings (SSSR count). The standard InChI is InChI=1S/C11H12N2/c1-8-2-5-11-9(6-8)7-12-13(11)10-3-4-10/h2,5-7,10H,3-4H2,1H3. The average molecular weight is 172 g/mol. The molecule has 0 amide bonds. The van der Waals surface area contributed by atoms with E-state index in [1.807, 2.05) is 6.20 Å². The number of rotatable bonds is 1. The highest BCUT2D eigenvalue weighted by molar-refractivity contribution is 5.79. The van der Waals surface area contributed by atoms with E-state index in [9.17, 15) is 0 Å². The van der Waals surface area contributed by atoms with Crippen molar-refractivity contribution in [3.63, 3.8) is 0 Å². The van der Waals surface area contributed by atoms with Crippen molar-refractivity contribution < 1.29 is 0 Å². The van der Waals surface area contributed by atoms with Crippen LogP contribution in [0.15, 0.2) is 24.4 Å². The van der Waals surface area contributed by atoms with Crippen LogP contribution in [0.1, 0.15) is 24.4 Å². The van der Waals surface area contributed by atoms with E-state index in [2.05, 4.69) is 34.9 Å². The Kier molecular flexibility index (Phi) is 1.29. The zero-order valence-electron chi connectivity index (χ0n) is 7.70. The molecule has 0 N–H and O–H groups in total. The van der Waals surface area contributed by atoms with Crippen molar-refractivity contribution in [3.05, 3.63) is 30.0 Å². The van der Waals surface area contributed by atoms with E-state index >= 15 is 0 Å². The summed E-state index contributed by atoms with van der Waals surface area (Å²) in [6.45, 7) is 2.12. The summed E-state index contributed by atoms with van der Waals surface area (Å²) in [7, 11) is 0. The molecule has 0 saturated heterocycles. The molecule has 1 heterocycles. The highest BCUT2D eigenvalue weighted by Crippen LogP contribution is 2.36. The lowest BCUT2D eigenvalue weighted by atomic mass is 10.2. The third-order valence-electron chi connectivity index (χ3n) is 2.64. The van der Waals surface area contributed by atoms with Crippen LogP contribution < -0.4 is 0 Å². The van der Waals surface area contributed by atoms with Crippen LogP contribution in [0.5, 0.6) is 0 Å². The molecule has 1 fully saturated rings. The summed E-state index contributed by atoms with van der Waals surface area (Å²) in [6.07, 6.45) is 4.57. The molecule has 2 heteroatoms. The van der Waals surface area contributed by atoms with E-state index in [0.717, 1.165) is 0 Å². The maximum atomic E-state index is 4.42. The van der Waals surface area contributed by atoms with Crippen LogP contribution in [0.2, 0.25) is 0 Å². The van der Waals surface area contributed by atoms with Crippen molar-refractivity contribution in [1.82, 2.24) is 9.78 Å². The summed E-state index contributed by atoms with van der Waals surface area (Å²) in [6, 6.07) is 7.21. The molecule has 2 nitrogen and oxygen atoms in total. The van der Waals surface area contributed by atoms with Crippen LogP contribution in [0.4, 0.5) is 0 Å². The van der Waals surface area contributed by atoms with E-state index in [1.165, 1.54) is 29.3 Å². The maximum Gasteiger partial charge on any atom is 0.0685 e. The lowest BCUT2D eigenvalue weighted by Gasteiger charge is -1.99. The molecular formula is C11H12N2. The van der Waals surface area contributed by atoms with Gasteiger partial charge in [0.1, 0.15) is 0 Å². The van der Waals surface area contributed by atoms with Crippen molar-refractivity contribution >= 4 is 10.9 Å². The molecule has 1 aromatic carbocycles. The third-order valence-corrected chi connectivity index (χ3v) is 2.64. The number of fused-ring (bicyclic) bond motifs is 1. The molecule has 2 aromatic rings. The fourth-order valence-electron chi connectivity index (χ4n) is 1.78. The first-order valence-electron chi connectivity index (χ1n) is 4.78. The van der Waals surface area contributed by atoms with Gasteiger partial charge < -0.3 is 0 Å². The number of hydrogen-bond acceptors (Lipinski definition) is 1. The summed E-state index contributed by atoms with van der Waals surface area (Å²) >= 11 is 0. The lowest BCUT2D eigenvalue weighted by Crippen LogP contribution is -1.94. The first-order chi connectivity index (χ1) is 6.34. The minimum Gasteiger partial charge on any atom is -0.262 e. The molecule has 66 valence electrons. The normalized spacial score (nSPS) is 16.7. The van der Waals surface area contributed by atoms with E-state index < -0.39 is 0 Å². The van der Waals surface area contributed by atoms with Crippen LogP contribution in [-0.2, 0) is 0 Å². The van der Waals surface area contributed by atoms with Crippen molar-refractivity contribution in [2.75, 3.05) is 0 Å². The fraction of sp³-hybridized carbons (Fsp3) is 0.364. The van der Waals surface area contributed by atoms with Gasteiger partial charge in [-0.2, -0.15) is 5.10 Å². The van der Waals surface area contributed by atoms with Gasteiger partial charge in [0, 0.05) is 5.39 Å². The van der Waals surface area contributed by atoms with E-state index in [4.69, 9.17) is 0 Å². The number of nitrogens with zero attached hydrogens (tertiary/aromatic N) is 2. The SMILES string of the molecule is Cc1ccc2c(cnn2C2CC2)c1. The van der Waals surface area contributed by atoms with Gasteiger partial charge in [0.05, 0.1) is 17.8 Å². The Morgan fingerprint density at radius 2 is 2.23 bits per heavy atom. The highest BCUT2D eigenvalue weighted by atomic mass is 15.3. The number of benzene rings is 1. The lowest BCUT2D eigenvalue weighted by molar-refractivity contribution is 0.665. The Morgan fingerprint density at radius 1 is 1.38 bits per heavy atom. The Balaban J connectivity index is 2.26. The Labute approximate surface area is 77.2 Å². The number of aryl methyl sites for hydroxylation is 1. The minimum absolute atomic E-state index is 0.681. The van der Waals surface area contributed by atoms with Gasteiger partial charge in [0.25, 0.3) is 0 Å². The smallest absolute Gasteiger partial charge is 0.0685 e. The van der Waals surface area contributed by atoms with Gasteiger partial charge in [-0.1, -0.05) is 11.6 Å². The molecule has 0 unspecified atom stereocenters. The average Bonchev–Trinajstić information content (AvgIpc) is 2.87. The van der Waals surface area contributed by atoms with Crippen molar-refractivity contribution in [2.24, 2.45) is 0 Å². The first-order valence-corrected chi connectivity index (χ1v) is 4.78. The Morgan fingerprint density at radius 3 is 3.00 bits per heavy atom. The van der Waals surface area contributed by atoms with Gasteiger partial charge in [-0.25, -0.2) is 0 Å². The van der Waals surface area contributed by atoms with E-state index in [1.54, 1.807) is 0 Å². The molecule has 13 heavy (non-hydrogen) atoms. The van der Waals surface area contributed by atoms with E-state index in [0.29, 0.717) is 6.04 Å². The van der Waals surface area contributed by atoms with Crippen LogP contribution >= 0.6 is 0 Å². The third kappa shape index (κ3) is 1.05. The Bertz CT molecular complexity index is 452. The van der Waals surface area contributed by atoms with E-state index in [-0.39, 0.29) is 0 Å². The second kappa shape index (κ2) is 2.34. The molecule has 0 bridgehead atoms. The fourth-order valence-corrected chi connectivity index (χ4v) is 1.78. The molecule has 1 aliphatic carbocycles. The second-order valence-corrected chi connectivity index (χ2v) is 3.88. The van der Waals surface area contributed by atoms with Crippen LogP contribution in [0.3, 0.4) is 0 Å². The zero-order valence-corrected chi connectivity index (χ0v) is 7.70. The largest absolute Gasteiger partial charge is 0.262 e. The quantitative estimate of drug-likeness (QED) is 0.646. The van der Waals surface area contributed by atoms with Gasteiger partial charge in [0.15, 0.2) is 0 Å². The summed E-state index contributed by atoms with van der Waals surface area (Å²) in [4.78, 5) is 0. The minimum atomic E-state index is 0.681. The molecule has 1 aliphatic rings.